The summed E-state index contributed by atoms with van der Waals surface area (Å²) >= 11 is 0. The zero-order chi connectivity index (χ0) is 36.5. The lowest BCUT2D eigenvalue weighted by molar-refractivity contribution is 0.518. The van der Waals surface area contributed by atoms with Crippen LogP contribution in [-0.2, 0) is 26.2 Å². The van der Waals surface area contributed by atoms with Crippen LogP contribution in [0.5, 0.6) is 0 Å². The second-order valence-corrected chi connectivity index (χ2v) is 14.6. The molecule has 6 aromatic rings. The van der Waals surface area contributed by atoms with Crippen molar-refractivity contribution in [3.8, 4) is 0 Å². The van der Waals surface area contributed by atoms with Crippen molar-refractivity contribution in [2.75, 3.05) is 0 Å². The van der Waals surface area contributed by atoms with E-state index >= 15 is 0 Å². The average Bonchev–Trinajstić information content (AvgIpc) is 3.71. The van der Waals surface area contributed by atoms with Gasteiger partial charge in [-0.25, -0.2) is 0 Å². The van der Waals surface area contributed by atoms with Crippen LogP contribution in [0.25, 0.3) is 43.1 Å². The molecule has 0 fully saturated rings. The van der Waals surface area contributed by atoms with Gasteiger partial charge >= 0.3 is 0 Å². The molecule has 0 amide bonds. The van der Waals surface area contributed by atoms with Gasteiger partial charge in [-0.1, -0.05) is 77.0 Å². The number of nitrogens with zero attached hydrogens (tertiary/aromatic N) is 4. The van der Waals surface area contributed by atoms with E-state index in [1.54, 1.807) is 0 Å². The molecular weight excluding hydrogens is 664 g/mol. The summed E-state index contributed by atoms with van der Waals surface area (Å²) in [6, 6.07) is 5.70. The van der Waals surface area contributed by atoms with Crippen LogP contribution in [0.4, 0.5) is 0 Å². The lowest BCUT2D eigenvalue weighted by Gasteiger charge is -2.04. The molecule has 4 aromatic heterocycles. The highest BCUT2D eigenvalue weighted by Gasteiger charge is 2.21. The fourth-order valence-corrected chi connectivity index (χ4v) is 8.16. The highest BCUT2D eigenvalue weighted by Crippen LogP contribution is 2.18. The first kappa shape index (κ1) is 35.4. The Morgan fingerprint density at radius 2 is 0.365 bits per heavy atom. The number of aromatic nitrogens is 4. The van der Waals surface area contributed by atoms with Gasteiger partial charge in [0.15, 0.2) is 0 Å². The van der Waals surface area contributed by atoms with Crippen LogP contribution in [-0.4, -0.2) is 18.3 Å². The Hall–Kier alpha value is -5.00. The fourth-order valence-electron chi connectivity index (χ4n) is 8.16. The Morgan fingerprint density at radius 3 is 0.519 bits per heavy atom. The molecule has 52 heavy (non-hydrogen) atoms. The minimum atomic E-state index is -0.422. The first-order chi connectivity index (χ1) is 25.2. The van der Waals surface area contributed by atoms with Gasteiger partial charge in [0.1, 0.15) is 0 Å². The number of rotatable bonds is 0. The van der Waals surface area contributed by atoms with Crippen molar-refractivity contribution in [2.24, 2.45) is 0 Å². The van der Waals surface area contributed by atoms with Crippen molar-refractivity contribution in [1.29, 1.82) is 0 Å². The molecule has 10 rings (SSSR count). The Kier molecular flexibility index (Phi) is 10.2. The predicted octanol–water partition coefficient (Wildman–Crippen LogP) is 4.09. The molecular formula is C40H44N4O8. The summed E-state index contributed by atoms with van der Waals surface area (Å²) < 4.78 is 4.87. The van der Waals surface area contributed by atoms with Crippen molar-refractivity contribution >= 4 is 43.1 Å². The molecule has 2 aromatic carbocycles. The summed E-state index contributed by atoms with van der Waals surface area (Å²) in [4.78, 5) is 105. The maximum atomic E-state index is 13.2. The molecule has 0 saturated carbocycles. The molecule has 8 heterocycles. The molecule has 12 nitrogen and oxygen atoms in total. The largest absolute Gasteiger partial charge is 0.274 e. The first-order valence-corrected chi connectivity index (χ1v) is 19.0. The summed E-state index contributed by atoms with van der Waals surface area (Å²) in [6.07, 6.45) is 13.5. The van der Waals surface area contributed by atoms with E-state index in [4.69, 9.17) is 0 Å². The molecule has 0 saturated heterocycles. The maximum absolute atomic E-state index is 13.2. The molecule has 0 aliphatic carbocycles. The molecule has 4 aliphatic rings. The van der Waals surface area contributed by atoms with Gasteiger partial charge in [0.2, 0.25) is 0 Å². The Morgan fingerprint density at radius 1 is 0.231 bits per heavy atom. The third-order valence-corrected chi connectivity index (χ3v) is 11.1. The monoisotopic (exact) mass is 708 g/mol. The summed E-state index contributed by atoms with van der Waals surface area (Å²) in [5.41, 5.74) is -3.38. The van der Waals surface area contributed by atoms with Crippen molar-refractivity contribution in [1.82, 2.24) is 18.3 Å². The van der Waals surface area contributed by atoms with Gasteiger partial charge in [0.25, 0.3) is 44.5 Å². The summed E-state index contributed by atoms with van der Waals surface area (Å²) in [7, 11) is 0. The number of hydrogen-bond donors (Lipinski definition) is 0. The van der Waals surface area contributed by atoms with Crippen molar-refractivity contribution in [3.63, 3.8) is 0 Å². The van der Waals surface area contributed by atoms with E-state index in [1.165, 1.54) is 42.5 Å². The van der Waals surface area contributed by atoms with Crippen molar-refractivity contribution in [2.45, 2.75) is 129 Å². The normalized spacial score (nSPS) is 17.1. The van der Waals surface area contributed by atoms with Gasteiger partial charge in [-0.15, -0.1) is 0 Å². The van der Waals surface area contributed by atoms with Crippen LogP contribution in [0, 0.1) is 0 Å². The van der Waals surface area contributed by atoms with E-state index in [0.717, 1.165) is 77.0 Å². The zero-order valence-electron chi connectivity index (χ0n) is 29.5. The molecule has 0 N–H and O–H groups in total. The topological polar surface area (TPSA) is 156 Å². The Labute approximate surface area is 296 Å². The van der Waals surface area contributed by atoms with E-state index in [1.807, 2.05) is 0 Å². The SMILES string of the molecule is O=c1c2cc3c(=O)n4c(=O)c3cc2c(=O)n1CCCCCCCCCCn1c(=O)c2cc3c(=O)n(c(=O)c3cc2c1=O)CCCCCCCCCC4. The van der Waals surface area contributed by atoms with Crippen molar-refractivity contribution in [3.05, 3.63) is 107 Å². The standard InChI is InChI=1S/C40H44N4O8/c45-33-25-21-29-30-22-26(25)34(46)41(33)17-13-9-5-1-2-6-10-14-18-42-35(47)27-23-31-32(24-28(27)36(42)48)40(52)44(39(31)51)20-16-12-8-4-3-7-11-15-19-43(37(29)49)38(30)50/h21-24H,1-20H2. The number of benzene rings is 2. The molecule has 0 atom stereocenters. The van der Waals surface area contributed by atoms with Crippen molar-refractivity contribution < 1.29 is 0 Å². The van der Waals surface area contributed by atoms with E-state index < -0.39 is 44.5 Å². The van der Waals surface area contributed by atoms with Gasteiger partial charge in [-0.3, -0.25) is 56.6 Å². The summed E-state index contributed by atoms with van der Waals surface area (Å²) in [5, 5.41) is 1.46. The van der Waals surface area contributed by atoms with Crippen LogP contribution in [0.1, 0.15) is 103 Å². The summed E-state index contributed by atoms with van der Waals surface area (Å²) in [6.45, 7) is 1.09. The smallest absolute Gasteiger partial charge is 0.261 e. The minimum absolute atomic E-state index is 0.183. The summed E-state index contributed by atoms with van der Waals surface area (Å²) in [5.74, 6) is 0. The quantitative estimate of drug-likeness (QED) is 0.229. The van der Waals surface area contributed by atoms with Crippen LogP contribution < -0.4 is 44.5 Å². The van der Waals surface area contributed by atoms with Crippen LogP contribution in [0.15, 0.2) is 62.6 Å². The van der Waals surface area contributed by atoms with Crippen LogP contribution >= 0.6 is 0 Å². The molecule has 0 radical (unpaired) electrons. The predicted molar refractivity (Wildman–Crippen MR) is 204 cm³/mol. The Bertz CT molecular complexity index is 2200. The highest BCUT2D eigenvalue weighted by molar-refractivity contribution is 5.98. The number of hydrogen-bond acceptors (Lipinski definition) is 8. The van der Waals surface area contributed by atoms with E-state index in [9.17, 15) is 38.4 Å². The molecule has 272 valence electrons. The third-order valence-electron chi connectivity index (χ3n) is 11.1. The van der Waals surface area contributed by atoms with Gasteiger partial charge in [-0.05, 0) is 49.9 Å². The van der Waals surface area contributed by atoms with E-state index in [-0.39, 0.29) is 69.3 Å². The second kappa shape index (κ2) is 14.9. The van der Waals surface area contributed by atoms with Gasteiger partial charge in [0, 0.05) is 26.2 Å². The van der Waals surface area contributed by atoms with Crippen LogP contribution in [0.2, 0.25) is 0 Å². The van der Waals surface area contributed by atoms with Gasteiger partial charge < -0.3 is 0 Å². The van der Waals surface area contributed by atoms with E-state index in [0.29, 0.717) is 25.7 Å². The molecule has 12 heteroatoms. The zero-order valence-corrected chi connectivity index (χ0v) is 29.5. The van der Waals surface area contributed by atoms with Gasteiger partial charge in [-0.2, -0.15) is 0 Å². The molecule has 12 bridgehead atoms. The molecule has 4 aliphatic heterocycles. The average molecular weight is 709 g/mol. The second-order valence-electron chi connectivity index (χ2n) is 14.6. The lowest BCUT2D eigenvalue weighted by atomic mass is 10.1. The Balaban J connectivity index is 1.05. The van der Waals surface area contributed by atoms with Crippen LogP contribution in [0.3, 0.4) is 0 Å². The fraction of sp³-hybridized carbons (Fsp3) is 0.500. The lowest BCUT2D eigenvalue weighted by Crippen LogP contribution is -2.26. The van der Waals surface area contributed by atoms with E-state index in [2.05, 4.69) is 0 Å². The van der Waals surface area contributed by atoms with Gasteiger partial charge in [0.05, 0.1) is 43.1 Å². The molecule has 0 spiro atoms. The minimum Gasteiger partial charge on any atom is -0.274 e. The highest BCUT2D eigenvalue weighted by atomic mass is 16.2. The third kappa shape index (κ3) is 6.36. The first-order valence-electron chi connectivity index (χ1n) is 19.0. The molecule has 0 unspecified atom stereocenters. The maximum Gasteiger partial charge on any atom is 0.261 e.